The zero-order valence-electron chi connectivity index (χ0n) is 14.9. The molecule has 6 nitrogen and oxygen atoms in total. The molecule has 4 aromatic rings. The summed E-state index contributed by atoms with van der Waals surface area (Å²) in [4.78, 5) is 3.70. The van der Waals surface area contributed by atoms with Gasteiger partial charge in [-0.25, -0.2) is 12.9 Å². The Bertz CT molecular complexity index is 1320. The van der Waals surface area contributed by atoms with Gasteiger partial charge in [-0.05, 0) is 54.6 Å². The topological polar surface area (TPSA) is 76.4 Å². The van der Waals surface area contributed by atoms with Crippen molar-refractivity contribution in [3.63, 3.8) is 0 Å². The van der Waals surface area contributed by atoms with Crippen LogP contribution in [-0.4, -0.2) is 23.0 Å². The minimum absolute atomic E-state index is 0.0736. The van der Waals surface area contributed by atoms with Crippen LogP contribution in [0.4, 0.5) is 19.0 Å². The molecule has 0 saturated carbocycles. The van der Waals surface area contributed by atoms with Crippen molar-refractivity contribution in [3.8, 4) is 11.3 Å². The summed E-state index contributed by atoms with van der Waals surface area (Å²) in [5.41, 5.74) is 0.728. The molecule has 1 aromatic carbocycles. The first-order chi connectivity index (χ1) is 14.1. The number of rotatable bonds is 4. The van der Waals surface area contributed by atoms with E-state index in [4.69, 9.17) is 11.6 Å². The number of fused-ring (bicyclic) bond motifs is 1. The smallest absolute Gasteiger partial charge is 0.264 e. The minimum atomic E-state index is -4.56. The molecule has 0 spiro atoms. The Labute approximate surface area is 174 Å². The van der Waals surface area contributed by atoms with E-state index in [2.05, 4.69) is 14.8 Å². The maximum absolute atomic E-state index is 12.7. The van der Waals surface area contributed by atoms with Gasteiger partial charge in [0.2, 0.25) is 0 Å². The summed E-state index contributed by atoms with van der Waals surface area (Å²) in [5.74, 6) is 0.0736. The van der Waals surface area contributed by atoms with E-state index >= 15 is 0 Å². The van der Waals surface area contributed by atoms with E-state index in [-0.39, 0.29) is 10.7 Å². The van der Waals surface area contributed by atoms with Gasteiger partial charge in [-0.2, -0.15) is 18.3 Å². The monoisotopic (exact) mass is 452 g/mol. The molecule has 0 unspecified atom stereocenters. The molecular weight excluding hydrogens is 441 g/mol. The first kappa shape index (κ1) is 20.2. The molecule has 0 amide bonds. The normalized spacial score (nSPS) is 12.3. The third kappa shape index (κ3) is 3.83. The van der Waals surface area contributed by atoms with Crippen LogP contribution in [-0.2, 0) is 16.2 Å². The molecule has 0 fully saturated rings. The predicted octanol–water partition coefficient (Wildman–Crippen LogP) is 4.87. The summed E-state index contributed by atoms with van der Waals surface area (Å²) in [5, 5.41) is 4.73. The lowest BCUT2D eigenvalue weighted by Crippen LogP contribution is -2.16. The number of alkyl halides is 3. The highest BCUT2D eigenvalue weighted by Gasteiger charge is 2.30. The highest BCUT2D eigenvalue weighted by atomic mass is 35.5. The van der Waals surface area contributed by atoms with E-state index in [1.54, 1.807) is 30.6 Å². The number of pyridine rings is 2. The van der Waals surface area contributed by atoms with Gasteiger partial charge in [-0.15, -0.1) is 0 Å². The fourth-order valence-corrected chi connectivity index (χ4v) is 4.03. The second-order valence-electron chi connectivity index (χ2n) is 6.26. The maximum atomic E-state index is 12.7. The number of hydrogen-bond donors (Lipinski definition) is 1. The number of benzene rings is 1. The fourth-order valence-electron chi connectivity index (χ4n) is 2.80. The van der Waals surface area contributed by atoms with Crippen LogP contribution in [0.15, 0.2) is 71.9 Å². The molecule has 0 bridgehead atoms. The van der Waals surface area contributed by atoms with Gasteiger partial charge in [-0.1, -0.05) is 11.6 Å². The minimum Gasteiger partial charge on any atom is -0.264 e. The molecule has 3 heterocycles. The highest BCUT2D eigenvalue weighted by Crippen LogP contribution is 2.31. The molecule has 0 aliphatic heterocycles. The zero-order chi connectivity index (χ0) is 21.5. The summed E-state index contributed by atoms with van der Waals surface area (Å²) < 4.78 is 67.2. The molecular formula is C19H12ClF3N4O2S. The lowest BCUT2D eigenvalue weighted by molar-refractivity contribution is -0.137. The van der Waals surface area contributed by atoms with Crippen molar-refractivity contribution in [2.45, 2.75) is 11.1 Å². The number of aromatic nitrogens is 3. The zero-order valence-corrected chi connectivity index (χ0v) is 16.5. The van der Waals surface area contributed by atoms with Crippen LogP contribution in [0.5, 0.6) is 0 Å². The van der Waals surface area contributed by atoms with Gasteiger partial charge < -0.3 is 0 Å². The summed E-state index contributed by atoms with van der Waals surface area (Å²) in [6.07, 6.45) is -1.35. The average Bonchev–Trinajstić information content (AvgIpc) is 3.17. The molecule has 3 aromatic heterocycles. The number of hydrogen-bond acceptors (Lipinski definition) is 4. The van der Waals surface area contributed by atoms with E-state index in [1.165, 1.54) is 16.6 Å². The number of sulfonamides is 1. The van der Waals surface area contributed by atoms with Crippen molar-refractivity contribution in [1.29, 1.82) is 0 Å². The van der Waals surface area contributed by atoms with Crippen LogP contribution >= 0.6 is 11.6 Å². The predicted molar refractivity (Wildman–Crippen MR) is 106 cm³/mol. The van der Waals surface area contributed by atoms with Crippen LogP contribution in [0.3, 0.4) is 0 Å². The highest BCUT2D eigenvalue weighted by molar-refractivity contribution is 7.92. The summed E-state index contributed by atoms with van der Waals surface area (Å²) in [6.45, 7) is 0. The van der Waals surface area contributed by atoms with Crippen molar-refractivity contribution >= 4 is 33.0 Å². The number of nitrogens with one attached hydrogen (secondary N) is 1. The van der Waals surface area contributed by atoms with Gasteiger partial charge >= 0.3 is 6.18 Å². The summed E-state index contributed by atoms with van der Waals surface area (Å²) in [6, 6.07) is 11.3. The Morgan fingerprint density at radius 1 is 1.03 bits per heavy atom. The van der Waals surface area contributed by atoms with Gasteiger partial charge in [0.15, 0.2) is 0 Å². The molecule has 30 heavy (non-hydrogen) atoms. The average molecular weight is 453 g/mol. The van der Waals surface area contributed by atoms with E-state index in [9.17, 15) is 21.6 Å². The second kappa shape index (κ2) is 7.29. The van der Waals surface area contributed by atoms with E-state index in [1.807, 2.05) is 0 Å². The standard InChI is InChI=1S/C19H12ClF3N4O2S/c20-15-7-8-18(27-17(15)10-16(25-27)12-2-1-9-24-11-12)26-30(28,29)14-5-3-13(4-6-14)19(21,22)23/h1-11,26H. The number of halogens is 4. The Morgan fingerprint density at radius 2 is 1.77 bits per heavy atom. The van der Waals surface area contributed by atoms with Gasteiger partial charge in [0.1, 0.15) is 5.82 Å². The largest absolute Gasteiger partial charge is 0.416 e. The van der Waals surface area contributed by atoms with Crippen LogP contribution in [0.1, 0.15) is 5.56 Å². The first-order valence-corrected chi connectivity index (χ1v) is 10.3. The molecule has 0 aliphatic rings. The Balaban J connectivity index is 1.73. The quantitative estimate of drug-likeness (QED) is 0.479. The molecule has 11 heteroatoms. The van der Waals surface area contributed by atoms with Crippen molar-refractivity contribution in [1.82, 2.24) is 14.6 Å². The fraction of sp³-hybridized carbons (Fsp3) is 0.0526. The van der Waals surface area contributed by atoms with E-state index < -0.39 is 21.8 Å². The van der Waals surface area contributed by atoms with Gasteiger partial charge in [0.25, 0.3) is 10.0 Å². The first-order valence-electron chi connectivity index (χ1n) is 8.44. The van der Waals surface area contributed by atoms with Crippen LogP contribution in [0.25, 0.3) is 16.8 Å². The van der Waals surface area contributed by atoms with Crippen LogP contribution < -0.4 is 4.72 Å². The van der Waals surface area contributed by atoms with Crippen molar-refractivity contribution < 1.29 is 21.6 Å². The third-order valence-electron chi connectivity index (χ3n) is 4.26. The third-order valence-corrected chi connectivity index (χ3v) is 5.95. The SMILES string of the molecule is O=S(=O)(Nc1ccc(Cl)c2cc(-c3cccnc3)nn12)c1ccc(C(F)(F)F)cc1. The Hall–Kier alpha value is -3.11. The van der Waals surface area contributed by atoms with Crippen molar-refractivity contribution in [2.75, 3.05) is 4.72 Å². The molecule has 0 aliphatic carbocycles. The van der Waals surface area contributed by atoms with E-state index in [0.717, 1.165) is 12.1 Å². The van der Waals surface area contributed by atoms with Crippen molar-refractivity contribution in [3.05, 3.63) is 77.6 Å². The number of anilines is 1. The van der Waals surface area contributed by atoms with Crippen LogP contribution in [0.2, 0.25) is 5.02 Å². The maximum Gasteiger partial charge on any atom is 0.416 e. The Morgan fingerprint density at radius 3 is 2.40 bits per heavy atom. The molecule has 0 saturated heterocycles. The number of nitrogens with zero attached hydrogens (tertiary/aromatic N) is 3. The summed E-state index contributed by atoms with van der Waals surface area (Å²) >= 11 is 6.22. The molecule has 1 N–H and O–H groups in total. The Kier molecular flexibility index (Phi) is 4.91. The molecule has 154 valence electrons. The molecule has 4 rings (SSSR count). The van der Waals surface area contributed by atoms with Gasteiger partial charge in [-0.3, -0.25) is 9.71 Å². The second-order valence-corrected chi connectivity index (χ2v) is 8.35. The summed E-state index contributed by atoms with van der Waals surface area (Å²) in [7, 11) is -4.17. The van der Waals surface area contributed by atoms with Gasteiger partial charge in [0, 0.05) is 18.0 Å². The van der Waals surface area contributed by atoms with Crippen LogP contribution in [0, 0.1) is 0 Å². The lowest BCUT2D eigenvalue weighted by atomic mass is 10.2. The molecule has 0 atom stereocenters. The molecule has 0 radical (unpaired) electrons. The van der Waals surface area contributed by atoms with Crippen molar-refractivity contribution in [2.24, 2.45) is 0 Å². The lowest BCUT2D eigenvalue weighted by Gasteiger charge is -2.11. The van der Waals surface area contributed by atoms with E-state index in [0.29, 0.717) is 33.9 Å². The van der Waals surface area contributed by atoms with Gasteiger partial charge in [0.05, 0.1) is 26.7 Å².